The Kier molecular flexibility index (Phi) is 4.35. The van der Waals surface area contributed by atoms with Crippen molar-refractivity contribution in [3.8, 4) is 0 Å². The number of methoxy groups -OCH3 is 1. The van der Waals surface area contributed by atoms with Crippen molar-refractivity contribution in [2.45, 2.75) is 0 Å². The molecule has 0 saturated carbocycles. The van der Waals surface area contributed by atoms with E-state index >= 15 is 0 Å². The number of H-pyrrole nitrogens is 1. The van der Waals surface area contributed by atoms with E-state index in [9.17, 15) is 14.4 Å². The van der Waals surface area contributed by atoms with Gasteiger partial charge in [-0.1, -0.05) is 0 Å². The first-order valence-electron chi connectivity index (χ1n) is 6.03. The van der Waals surface area contributed by atoms with Crippen LogP contribution in [0.3, 0.4) is 0 Å². The molecule has 1 aromatic carbocycles. The first-order chi connectivity index (χ1) is 10.1. The monoisotopic (exact) mass is 287 g/mol. The van der Waals surface area contributed by atoms with Gasteiger partial charge in [-0.3, -0.25) is 14.9 Å². The number of nitrogens with one attached hydrogen (secondary N) is 3. The van der Waals surface area contributed by atoms with Crippen molar-refractivity contribution < 1.29 is 14.3 Å². The van der Waals surface area contributed by atoms with Gasteiger partial charge in [-0.25, -0.2) is 4.79 Å². The lowest BCUT2D eigenvalue weighted by molar-refractivity contribution is 0.102. The third kappa shape index (κ3) is 3.93. The molecule has 0 radical (unpaired) electrons. The van der Waals surface area contributed by atoms with E-state index in [2.05, 4.69) is 20.4 Å². The SMILES string of the molecule is COC(=O)Nc1ccc(NC(=O)c2ccc(=O)[nH]c2)cc1. The minimum absolute atomic E-state index is 0.273. The lowest BCUT2D eigenvalue weighted by Gasteiger charge is -2.07. The number of rotatable bonds is 3. The summed E-state index contributed by atoms with van der Waals surface area (Å²) in [5.41, 5.74) is 1.17. The molecule has 0 fully saturated rings. The van der Waals surface area contributed by atoms with Gasteiger partial charge in [-0.2, -0.15) is 0 Å². The molecular weight excluding hydrogens is 274 g/mol. The highest BCUT2D eigenvalue weighted by Crippen LogP contribution is 2.14. The number of carbonyl (C=O) groups is 2. The van der Waals surface area contributed by atoms with Crippen LogP contribution in [0.4, 0.5) is 16.2 Å². The Hall–Kier alpha value is -3.09. The van der Waals surface area contributed by atoms with Crippen LogP contribution in [0, 0.1) is 0 Å². The van der Waals surface area contributed by atoms with Crippen LogP contribution >= 0.6 is 0 Å². The maximum atomic E-state index is 11.9. The second-order valence-corrected chi connectivity index (χ2v) is 4.09. The fraction of sp³-hybridized carbons (Fsp3) is 0.0714. The summed E-state index contributed by atoms with van der Waals surface area (Å²) >= 11 is 0. The molecule has 7 heteroatoms. The van der Waals surface area contributed by atoms with Gasteiger partial charge in [-0.15, -0.1) is 0 Å². The van der Waals surface area contributed by atoms with Gasteiger partial charge < -0.3 is 15.0 Å². The largest absolute Gasteiger partial charge is 0.453 e. The molecular formula is C14H13N3O4. The molecule has 1 aromatic heterocycles. The average Bonchev–Trinajstić information content (AvgIpc) is 2.49. The van der Waals surface area contributed by atoms with Gasteiger partial charge in [0.15, 0.2) is 0 Å². The Balaban J connectivity index is 2.03. The molecule has 0 spiro atoms. The summed E-state index contributed by atoms with van der Waals surface area (Å²) in [5.74, 6) is -0.347. The Morgan fingerprint density at radius 2 is 1.62 bits per heavy atom. The zero-order chi connectivity index (χ0) is 15.2. The van der Waals surface area contributed by atoms with Gasteiger partial charge in [0.05, 0.1) is 12.7 Å². The van der Waals surface area contributed by atoms with Crippen molar-refractivity contribution in [2.75, 3.05) is 17.7 Å². The highest BCUT2D eigenvalue weighted by molar-refractivity contribution is 6.04. The minimum atomic E-state index is -0.569. The predicted octanol–water partition coefficient (Wildman–Crippen LogP) is 1.81. The van der Waals surface area contributed by atoms with Crippen LogP contribution in [0.2, 0.25) is 0 Å². The summed E-state index contributed by atoms with van der Waals surface area (Å²) in [7, 11) is 1.27. The van der Waals surface area contributed by atoms with Gasteiger partial charge in [0.1, 0.15) is 0 Å². The van der Waals surface area contributed by atoms with Crippen LogP contribution in [-0.4, -0.2) is 24.1 Å². The molecule has 3 N–H and O–H groups in total. The van der Waals surface area contributed by atoms with Crippen LogP contribution in [-0.2, 0) is 4.74 Å². The third-order valence-electron chi connectivity index (χ3n) is 2.62. The molecule has 0 unspecified atom stereocenters. The maximum Gasteiger partial charge on any atom is 0.411 e. The van der Waals surface area contributed by atoms with E-state index in [0.717, 1.165) is 0 Å². The molecule has 108 valence electrons. The molecule has 0 bridgehead atoms. The Bertz CT molecular complexity index is 686. The zero-order valence-electron chi connectivity index (χ0n) is 11.2. The molecule has 0 aliphatic heterocycles. The number of ether oxygens (including phenoxy) is 1. The number of benzene rings is 1. The van der Waals surface area contributed by atoms with Crippen LogP contribution in [0.5, 0.6) is 0 Å². The number of carbonyl (C=O) groups excluding carboxylic acids is 2. The quantitative estimate of drug-likeness (QED) is 0.801. The number of pyridine rings is 1. The zero-order valence-corrected chi connectivity index (χ0v) is 11.2. The fourth-order valence-electron chi connectivity index (χ4n) is 1.56. The van der Waals surface area contributed by atoms with E-state index in [1.165, 1.54) is 25.4 Å². The summed E-state index contributed by atoms with van der Waals surface area (Å²) in [6, 6.07) is 9.22. The van der Waals surface area contributed by atoms with Crippen LogP contribution < -0.4 is 16.2 Å². The van der Waals surface area contributed by atoms with Crippen LogP contribution in [0.25, 0.3) is 0 Å². The first-order valence-corrected chi connectivity index (χ1v) is 6.03. The molecule has 1 heterocycles. The topological polar surface area (TPSA) is 100 Å². The number of hydrogen-bond donors (Lipinski definition) is 3. The average molecular weight is 287 g/mol. The number of anilines is 2. The first kappa shape index (κ1) is 14.3. The predicted molar refractivity (Wildman–Crippen MR) is 77.5 cm³/mol. The molecule has 0 aliphatic rings. The van der Waals surface area contributed by atoms with E-state index in [-0.39, 0.29) is 11.5 Å². The molecule has 2 aromatic rings. The number of amides is 2. The van der Waals surface area contributed by atoms with Gasteiger partial charge >= 0.3 is 6.09 Å². The van der Waals surface area contributed by atoms with Crippen LogP contribution in [0.1, 0.15) is 10.4 Å². The summed E-state index contributed by atoms with van der Waals surface area (Å²) in [4.78, 5) is 36.3. The van der Waals surface area contributed by atoms with Gasteiger partial charge in [-0.05, 0) is 30.3 Å². The summed E-state index contributed by atoms with van der Waals surface area (Å²) in [6.07, 6.45) is 0.769. The van der Waals surface area contributed by atoms with Crippen molar-refractivity contribution in [2.24, 2.45) is 0 Å². The normalized spacial score (nSPS) is 9.76. The highest BCUT2D eigenvalue weighted by atomic mass is 16.5. The number of hydrogen-bond acceptors (Lipinski definition) is 4. The summed E-state index contributed by atoms with van der Waals surface area (Å²) in [5, 5.41) is 5.16. The lowest BCUT2D eigenvalue weighted by Crippen LogP contribution is -2.14. The molecule has 2 rings (SSSR count). The highest BCUT2D eigenvalue weighted by Gasteiger charge is 2.06. The van der Waals surface area contributed by atoms with Crippen molar-refractivity contribution in [1.29, 1.82) is 0 Å². The van der Waals surface area contributed by atoms with Crippen LogP contribution in [0.15, 0.2) is 47.4 Å². The van der Waals surface area contributed by atoms with E-state index in [1.807, 2.05) is 0 Å². The van der Waals surface area contributed by atoms with E-state index < -0.39 is 6.09 Å². The number of aromatic nitrogens is 1. The van der Waals surface area contributed by atoms with Gasteiger partial charge in [0.2, 0.25) is 5.56 Å². The van der Waals surface area contributed by atoms with E-state index in [1.54, 1.807) is 24.3 Å². The minimum Gasteiger partial charge on any atom is -0.453 e. The Labute approximate surface area is 120 Å². The van der Waals surface area contributed by atoms with Gasteiger partial charge in [0, 0.05) is 23.6 Å². The lowest BCUT2D eigenvalue weighted by atomic mass is 10.2. The molecule has 21 heavy (non-hydrogen) atoms. The van der Waals surface area contributed by atoms with E-state index in [4.69, 9.17) is 0 Å². The molecule has 2 amide bonds. The standard InChI is InChI=1S/C14H13N3O4/c1-21-14(20)17-11-5-3-10(4-6-11)16-13(19)9-2-7-12(18)15-8-9/h2-8H,1H3,(H,15,18)(H,16,19)(H,17,20). The second-order valence-electron chi connectivity index (χ2n) is 4.09. The summed E-state index contributed by atoms with van der Waals surface area (Å²) < 4.78 is 4.47. The van der Waals surface area contributed by atoms with Crippen molar-refractivity contribution >= 4 is 23.4 Å². The Morgan fingerprint density at radius 3 is 2.14 bits per heavy atom. The smallest absolute Gasteiger partial charge is 0.411 e. The summed E-state index contributed by atoms with van der Waals surface area (Å²) in [6.45, 7) is 0. The van der Waals surface area contributed by atoms with Gasteiger partial charge in [0.25, 0.3) is 5.91 Å². The molecule has 0 aliphatic carbocycles. The van der Waals surface area contributed by atoms with Crippen molar-refractivity contribution in [1.82, 2.24) is 4.98 Å². The number of aromatic amines is 1. The molecule has 0 atom stereocenters. The van der Waals surface area contributed by atoms with Crippen molar-refractivity contribution in [3.05, 3.63) is 58.5 Å². The second kappa shape index (κ2) is 6.38. The molecule has 0 saturated heterocycles. The fourth-order valence-corrected chi connectivity index (χ4v) is 1.56. The van der Waals surface area contributed by atoms with E-state index in [0.29, 0.717) is 16.9 Å². The Morgan fingerprint density at radius 1 is 1.00 bits per heavy atom. The van der Waals surface area contributed by atoms with Crippen molar-refractivity contribution in [3.63, 3.8) is 0 Å². The maximum absolute atomic E-state index is 11.9. The third-order valence-corrected chi connectivity index (χ3v) is 2.62. The molecule has 7 nitrogen and oxygen atoms in total.